The van der Waals surface area contributed by atoms with E-state index >= 15 is 0 Å². The van der Waals surface area contributed by atoms with Gasteiger partial charge in [0.25, 0.3) is 0 Å². The van der Waals surface area contributed by atoms with Gasteiger partial charge in [0, 0.05) is 134 Å². The Bertz CT molecular complexity index is 6390. The SMILES string of the molecule is COC1=CC(c2[nH]c3ccccc3c2CO)=C/C1=C\c1[nH]c(C)cc1C.COC1=CC(c2cc3ccccc3n2C(=O)N(C)C)=N/C1=C\c1[nH]c(C)cc1C.COC1=CC(c2cc3ccccc3n2CCO)=N/C1=C\c1[nH]c(C)cc1C.Cc1cc(C)c(/C=c2\[nH]c(=C3C=c4c(OC(=O)OC(C)(C)C)cccc4=N3)cc2OC(C)C)[nH]1. The van der Waals surface area contributed by atoms with Crippen LogP contribution in [0.5, 0.6) is 11.5 Å². The number of methoxy groups -OCH3 is 3. The molecule has 0 saturated heterocycles. The molecule has 4 aliphatic rings. The van der Waals surface area contributed by atoms with E-state index in [0.29, 0.717) is 23.8 Å². The molecule has 0 unspecified atom stereocenters. The molecule has 22 heteroatoms. The Kier molecular flexibility index (Phi) is 23.8. The van der Waals surface area contributed by atoms with Crippen molar-refractivity contribution < 1.29 is 48.2 Å². The zero-order chi connectivity index (χ0) is 82.6. The molecule has 0 bridgehead atoms. The number of rotatable bonds is 16. The maximum atomic E-state index is 12.9. The van der Waals surface area contributed by atoms with Crippen LogP contribution < -0.4 is 30.7 Å². The van der Waals surface area contributed by atoms with Crippen molar-refractivity contribution in [3.63, 3.8) is 0 Å². The number of ether oxygens (including phenoxy) is 6. The predicted octanol–water partition coefficient (Wildman–Crippen LogP) is 16.2. The number of fused-ring (bicyclic) bond motifs is 4. The number of hydrogen-bond donors (Lipinski definition) is 8. The number of aliphatic hydroxyl groups is 2. The van der Waals surface area contributed by atoms with Crippen LogP contribution in [0.25, 0.3) is 74.4 Å². The van der Waals surface area contributed by atoms with Crippen LogP contribution in [0.2, 0.25) is 0 Å². The van der Waals surface area contributed by atoms with Crippen molar-refractivity contribution in [3.8, 4) is 11.5 Å². The summed E-state index contributed by atoms with van der Waals surface area (Å²) in [6, 6.07) is 43.8. The van der Waals surface area contributed by atoms with Crippen LogP contribution in [0.4, 0.5) is 9.59 Å². The van der Waals surface area contributed by atoms with Crippen LogP contribution in [-0.2, 0) is 32.1 Å². The number of aryl methyl sites for hydroxylation is 8. The first-order valence-electron chi connectivity index (χ1n) is 38.5. The number of allylic oxidation sites excluding steroid dienone is 5. The van der Waals surface area contributed by atoms with Gasteiger partial charge in [-0.15, -0.1) is 0 Å². The molecule has 0 saturated carbocycles. The molecule has 22 nitrogen and oxygen atoms in total. The normalized spacial score (nSPS) is 15.3. The summed E-state index contributed by atoms with van der Waals surface area (Å²) in [4.78, 5) is 61.4. The van der Waals surface area contributed by atoms with E-state index in [9.17, 15) is 19.8 Å². The molecule has 596 valence electrons. The molecular weight excluding hydrogens is 1460 g/mol. The number of nitrogens with zero attached hydrogens (tertiary/aromatic N) is 6. The number of carbonyl (C=O) groups is 2. The molecular formula is C94H100N12O10. The highest BCUT2D eigenvalue weighted by atomic mass is 16.7. The third-order valence-corrected chi connectivity index (χ3v) is 19.8. The number of amides is 1. The molecule has 12 aromatic rings. The minimum absolute atomic E-state index is 0.0131. The fourth-order valence-electron chi connectivity index (χ4n) is 14.6. The lowest BCUT2D eigenvalue weighted by Crippen LogP contribution is -2.29. The Morgan fingerprint density at radius 2 is 1.09 bits per heavy atom. The number of aliphatic hydroxyl groups excluding tert-OH is 2. The number of aromatic amines is 6. The Labute approximate surface area is 673 Å². The van der Waals surface area contributed by atoms with Crippen molar-refractivity contribution in [2.24, 2.45) is 15.0 Å². The standard InChI is InChI=1S/C27H31N3O4.C23H24N4O2.C22H23N3O2.C22H22N2O2/c1-15(2)32-25-14-22(30-23(25)13-20-16(3)11-17(4)28-20)21-12-18-19(29-21)9-8-10-24(18)33-26(31)34-27(5,6)7;1-14-10-15(2)24-17(14)12-19-22(29-5)13-18(25-19)21-11-16-8-6-7-9-20(16)27(21)23(28)26(3)4;1-14-10-15(2)23-17(14)12-19-22(27-3)13-18(24-19)21-11-16-6-4-5-7-20(16)25(21)8-9-26;1-13-8-14(2)23-20(13)10-15-9-16(11-21(15)26-3)22-18(12-25)17-6-4-5-7-19(17)24-22/h8-15,28,30H,1-7H3;6-13,24H,1-5H3;4-7,10-13,23,26H,8-9H2,1-3H3;4-11,23-25H,12H2,1-3H3/b22-21?,23-13-;2*19-12-;15-10+. The molecule has 3 aliphatic heterocycles. The Morgan fingerprint density at radius 1 is 0.552 bits per heavy atom. The summed E-state index contributed by atoms with van der Waals surface area (Å²) in [5.74, 6) is 3.36. The number of carbonyl (C=O) groups excluding carboxylic acids is 2. The number of H-pyrrole nitrogens is 6. The van der Waals surface area contributed by atoms with Gasteiger partial charge in [-0.25, -0.2) is 24.6 Å². The van der Waals surface area contributed by atoms with Gasteiger partial charge >= 0.3 is 12.2 Å². The zero-order valence-electron chi connectivity index (χ0n) is 68.9. The van der Waals surface area contributed by atoms with Gasteiger partial charge < -0.3 is 78.0 Å². The number of aromatic nitrogens is 8. The second kappa shape index (κ2) is 34.2. The molecule has 8 aromatic heterocycles. The molecule has 0 spiro atoms. The monoisotopic (exact) mass is 1560 g/mol. The Hall–Kier alpha value is -13.3. The fourth-order valence-corrected chi connectivity index (χ4v) is 14.6. The quantitative estimate of drug-likeness (QED) is 0.0335. The summed E-state index contributed by atoms with van der Waals surface area (Å²) in [7, 11) is 8.46. The van der Waals surface area contributed by atoms with Crippen molar-refractivity contribution in [2.45, 2.75) is 115 Å². The number of aliphatic imine (C=N–C) groups is 2. The van der Waals surface area contributed by atoms with E-state index in [-0.39, 0.29) is 25.3 Å². The molecule has 4 aromatic carbocycles. The molecule has 8 N–H and O–H groups in total. The van der Waals surface area contributed by atoms with Gasteiger partial charge in [0.2, 0.25) is 0 Å². The summed E-state index contributed by atoms with van der Waals surface area (Å²) in [6.45, 7) is 26.4. The highest BCUT2D eigenvalue weighted by Crippen LogP contribution is 2.37. The number of nitrogens with one attached hydrogen (secondary N) is 6. The predicted molar refractivity (Wildman–Crippen MR) is 462 cm³/mol. The molecule has 0 atom stereocenters. The van der Waals surface area contributed by atoms with Crippen LogP contribution in [-0.4, -0.2) is 131 Å². The van der Waals surface area contributed by atoms with Gasteiger partial charge in [0.1, 0.15) is 45.8 Å². The zero-order valence-corrected chi connectivity index (χ0v) is 68.9. The van der Waals surface area contributed by atoms with Gasteiger partial charge in [-0.2, -0.15) is 0 Å². The van der Waals surface area contributed by atoms with Gasteiger partial charge in [-0.05, 0) is 222 Å². The van der Waals surface area contributed by atoms with Crippen molar-refractivity contribution in [2.75, 3.05) is 42.0 Å². The minimum atomic E-state index is -0.747. The lowest BCUT2D eigenvalue weighted by atomic mass is 10.1. The van der Waals surface area contributed by atoms with Crippen LogP contribution in [0.3, 0.4) is 0 Å². The van der Waals surface area contributed by atoms with E-state index in [1.165, 1.54) is 11.1 Å². The van der Waals surface area contributed by atoms with Crippen LogP contribution in [0.1, 0.15) is 125 Å². The van der Waals surface area contributed by atoms with Crippen LogP contribution in [0, 0.1) is 55.4 Å². The van der Waals surface area contributed by atoms with Gasteiger partial charge in [0.15, 0.2) is 0 Å². The second-order valence-corrected chi connectivity index (χ2v) is 30.5. The van der Waals surface area contributed by atoms with Crippen LogP contribution in [0.15, 0.2) is 207 Å². The van der Waals surface area contributed by atoms with E-state index in [0.717, 1.165) is 185 Å². The van der Waals surface area contributed by atoms with E-state index in [1.54, 1.807) is 77.8 Å². The first-order chi connectivity index (χ1) is 55.6. The van der Waals surface area contributed by atoms with E-state index in [4.69, 9.17) is 43.4 Å². The van der Waals surface area contributed by atoms with E-state index in [2.05, 4.69) is 124 Å². The summed E-state index contributed by atoms with van der Waals surface area (Å²) < 4.78 is 37.4. The van der Waals surface area contributed by atoms with Crippen molar-refractivity contribution in [1.82, 2.24) is 43.9 Å². The Morgan fingerprint density at radius 3 is 1.63 bits per heavy atom. The lowest BCUT2D eigenvalue weighted by Gasteiger charge is -2.18. The largest absolute Gasteiger partial charge is 0.514 e. The third kappa shape index (κ3) is 17.7. The third-order valence-electron chi connectivity index (χ3n) is 19.8. The molecule has 11 heterocycles. The van der Waals surface area contributed by atoms with Gasteiger partial charge in [-0.1, -0.05) is 60.7 Å². The van der Waals surface area contributed by atoms with Crippen LogP contribution >= 0.6 is 0 Å². The number of para-hydroxylation sites is 3. The summed E-state index contributed by atoms with van der Waals surface area (Å²) in [5, 5.41) is 25.7. The summed E-state index contributed by atoms with van der Waals surface area (Å²) in [5.41, 5.74) is 24.9. The van der Waals surface area contributed by atoms with Gasteiger partial charge in [0.05, 0.1) is 96.4 Å². The molecule has 1 amide bonds. The number of hydrogen-bond acceptors (Lipinski definition) is 13. The lowest BCUT2D eigenvalue weighted by molar-refractivity contribution is 0.0204. The summed E-state index contributed by atoms with van der Waals surface area (Å²) >= 11 is 0. The first-order valence-corrected chi connectivity index (χ1v) is 38.5. The smallest absolute Gasteiger partial charge is 0.496 e. The van der Waals surface area contributed by atoms with Crippen molar-refractivity contribution in [1.29, 1.82) is 0 Å². The molecule has 0 radical (unpaired) electrons. The minimum Gasteiger partial charge on any atom is -0.496 e. The summed E-state index contributed by atoms with van der Waals surface area (Å²) in [6.07, 6.45) is 17.3. The average Bonchev–Trinajstić information content (AvgIpc) is 1.62. The first kappa shape index (κ1) is 80.7. The second-order valence-electron chi connectivity index (χ2n) is 30.5. The van der Waals surface area contributed by atoms with Crippen molar-refractivity contribution >= 4 is 98.0 Å². The van der Waals surface area contributed by atoms with E-state index in [1.807, 2.05) is 156 Å². The molecule has 1 aliphatic carbocycles. The van der Waals surface area contributed by atoms with Crippen molar-refractivity contribution in [3.05, 3.63) is 304 Å². The average molecular weight is 1560 g/mol. The highest BCUT2D eigenvalue weighted by Gasteiger charge is 2.27. The fraction of sp³-hybridized carbons (Fsp3) is 0.245. The maximum Gasteiger partial charge on any atom is 0.514 e. The highest BCUT2D eigenvalue weighted by molar-refractivity contribution is 6.16. The number of benzene rings is 4. The van der Waals surface area contributed by atoms with E-state index < -0.39 is 11.8 Å². The topological polar surface area (TPSA) is 275 Å². The molecule has 116 heavy (non-hydrogen) atoms. The molecule has 0 fully saturated rings. The van der Waals surface area contributed by atoms with Gasteiger partial charge in [-0.3, -0.25) is 4.57 Å². The molecule has 16 rings (SSSR count). The maximum absolute atomic E-state index is 12.9. The Balaban J connectivity index is 0.000000135.